The molecule has 0 aliphatic carbocycles. The van der Waals surface area contributed by atoms with E-state index in [1.165, 1.54) is 91.1 Å². The minimum atomic E-state index is 0.392. The number of hydrogen-bond acceptors (Lipinski definition) is 5. The van der Waals surface area contributed by atoms with Crippen LogP contribution in [0.2, 0.25) is 0 Å². The number of ether oxygens (including phenoxy) is 1. The largest absolute Gasteiger partial charge is 0.375 e. The van der Waals surface area contributed by atoms with Crippen molar-refractivity contribution < 1.29 is 4.74 Å². The SMILES string of the molecule is CC.CC.CCN1CCC(OC(C)C)CC1.CN1CCC(CN2CCN(C)CC2)CC1. The molecule has 3 heterocycles. The lowest BCUT2D eigenvalue weighted by molar-refractivity contribution is -0.0259. The van der Waals surface area contributed by atoms with Gasteiger partial charge in [-0.1, -0.05) is 34.6 Å². The highest BCUT2D eigenvalue weighted by Gasteiger charge is 2.21. The Hall–Kier alpha value is -0.200. The molecule has 0 bridgehead atoms. The summed E-state index contributed by atoms with van der Waals surface area (Å²) in [5, 5.41) is 0. The second kappa shape index (κ2) is 19.3. The van der Waals surface area contributed by atoms with Crippen molar-refractivity contribution >= 4 is 0 Å². The van der Waals surface area contributed by atoms with Gasteiger partial charge < -0.3 is 24.3 Å². The molecule has 0 radical (unpaired) electrons. The van der Waals surface area contributed by atoms with E-state index in [0.29, 0.717) is 12.2 Å². The van der Waals surface area contributed by atoms with Crippen molar-refractivity contribution in [3.63, 3.8) is 0 Å². The highest BCUT2D eigenvalue weighted by Crippen LogP contribution is 2.18. The van der Waals surface area contributed by atoms with Gasteiger partial charge in [0.1, 0.15) is 0 Å². The smallest absolute Gasteiger partial charge is 0.0603 e. The molecule has 0 saturated carbocycles. The Kier molecular flexibility index (Phi) is 19.2. The number of likely N-dealkylation sites (N-methyl/N-ethyl adjacent to an activating group) is 1. The van der Waals surface area contributed by atoms with Gasteiger partial charge in [0, 0.05) is 45.8 Å². The van der Waals surface area contributed by atoms with E-state index in [2.05, 4.69) is 54.5 Å². The van der Waals surface area contributed by atoms with Gasteiger partial charge in [-0.2, -0.15) is 0 Å². The first-order chi connectivity index (χ1) is 15.0. The first kappa shape index (κ1) is 30.8. The molecule has 0 amide bonds. The normalized spacial score (nSPS) is 22.6. The molecule has 3 saturated heterocycles. The Balaban J connectivity index is 0.000000510. The zero-order chi connectivity index (χ0) is 23.6. The number of likely N-dealkylation sites (tertiary alicyclic amines) is 2. The first-order valence-electron chi connectivity index (χ1n) is 13.4. The van der Waals surface area contributed by atoms with Crippen LogP contribution in [0.3, 0.4) is 0 Å². The fourth-order valence-corrected chi connectivity index (χ4v) is 4.39. The van der Waals surface area contributed by atoms with Crippen LogP contribution in [-0.4, -0.2) is 111 Å². The summed E-state index contributed by atoms with van der Waals surface area (Å²) in [4.78, 5) is 10.0. The number of hydrogen-bond donors (Lipinski definition) is 0. The zero-order valence-electron chi connectivity index (χ0n) is 22.8. The summed E-state index contributed by atoms with van der Waals surface area (Å²) in [6.07, 6.45) is 6.15. The van der Waals surface area contributed by atoms with Crippen LogP contribution in [0, 0.1) is 5.92 Å². The summed E-state index contributed by atoms with van der Waals surface area (Å²) in [6, 6.07) is 0. The van der Waals surface area contributed by atoms with Gasteiger partial charge in [-0.3, -0.25) is 0 Å². The molecule has 0 spiro atoms. The molecule has 0 aromatic carbocycles. The van der Waals surface area contributed by atoms with Gasteiger partial charge in [0.25, 0.3) is 0 Å². The van der Waals surface area contributed by atoms with Crippen LogP contribution in [0.5, 0.6) is 0 Å². The Morgan fingerprint density at radius 2 is 1.16 bits per heavy atom. The Bertz CT molecular complexity index is 350. The van der Waals surface area contributed by atoms with Crippen molar-refractivity contribution in [2.45, 2.75) is 86.4 Å². The van der Waals surface area contributed by atoms with Crippen molar-refractivity contribution in [2.24, 2.45) is 5.92 Å². The molecule has 3 fully saturated rings. The predicted octanol–water partition coefficient (Wildman–Crippen LogP) is 4.52. The third kappa shape index (κ3) is 14.5. The molecule has 3 aliphatic rings. The van der Waals surface area contributed by atoms with E-state index in [4.69, 9.17) is 4.74 Å². The van der Waals surface area contributed by atoms with E-state index < -0.39 is 0 Å². The summed E-state index contributed by atoms with van der Waals surface area (Å²) in [7, 11) is 4.47. The second-order valence-electron chi connectivity index (χ2n) is 9.17. The molecule has 3 rings (SSSR count). The molecule has 0 atom stereocenters. The van der Waals surface area contributed by atoms with Crippen molar-refractivity contribution in [2.75, 3.05) is 79.5 Å². The first-order valence-corrected chi connectivity index (χ1v) is 13.4. The van der Waals surface area contributed by atoms with Gasteiger partial charge >= 0.3 is 0 Å². The summed E-state index contributed by atoms with van der Waals surface area (Å²) >= 11 is 0. The maximum absolute atomic E-state index is 5.76. The van der Waals surface area contributed by atoms with Crippen LogP contribution >= 0.6 is 0 Å². The molecule has 0 aromatic rings. The Labute approximate surface area is 196 Å². The maximum atomic E-state index is 5.76. The quantitative estimate of drug-likeness (QED) is 0.622. The molecular weight excluding hydrogens is 384 g/mol. The highest BCUT2D eigenvalue weighted by atomic mass is 16.5. The van der Waals surface area contributed by atoms with Gasteiger partial charge in [-0.15, -0.1) is 0 Å². The van der Waals surface area contributed by atoms with Crippen molar-refractivity contribution in [3.8, 4) is 0 Å². The van der Waals surface area contributed by atoms with Crippen LogP contribution in [0.15, 0.2) is 0 Å². The standard InChI is InChI=1S/C12H25N3.C10H21NO.2C2H6/c1-13-5-3-12(4-6-13)11-15-9-7-14(2)8-10-15;1-4-11-7-5-10(6-8-11)12-9(2)3;2*1-2/h12H,3-11H2,1-2H3;9-10H,4-8H2,1-3H3;2*1-2H3. The van der Waals surface area contributed by atoms with Crippen molar-refractivity contribution in [3.05, 3.63) is 0 Å². The van der Waals surface area contributed by atoms with Crippen LogP contribution in [0.1, 0.15) is 74.1 Å². The predicted molar refractivity (Wildman–Crippen MR) is 138 cm³/mol. The van der Waals surface area contributed by atoms with E-state index in [1.807, 2.05) is 27.7 Å². The number of nitrogens with zero attached hydrogens (tertiary/aromatic N) is 4. The minimum absolute atomic E-state index is 0.392. The Morgan fingerprint density at radius 1 is 0.677 bits per heavy atom. The third-order valence-corrected chi connectivity index (χ3v) is 6.40. The molecule has 0 unspecified atom stereocenters. The van der Waals surface area contributed by atoms with Crippen LogP contribution in [0.4, 0.5) is 0 Å². The number of piperazine rings is 1. The summed E-state index contributed by atoms with van der Waals surface area (Å²) in [6.45, 7) is 27.1. The van der Waals surface area contributed by atoms with E-state index in [1.54, 1.807) is 0 Å². The summed E-state index contributed by atoms with van der Waals surface area (Å²) < 4.78 is 5.76. The van der Waals surface area contributed by atoms with Crippen molar-refractivity contribution in [1.82, 2.24) is 19.6 Å². The fourth-order valence-electron chi connectivity index (χ4n) is 4.39. The molecular formula is C26H58N4O. The van der Waals surface area contributed by atoms with Gasteiger partial charge in [-0.05, 0) is 79.2 Å². The summed E-state index contributed by atoms with van der Waals surface area (Å²) in [5.74, 6) is 0.963. The minimum Gasteiger partial charge on any atom is -0.375 e. The molecule has 31 heavy (non-hydrogen) atoms. The number of piperidine rings is 2. The average Bonchev–Trinajstić information content (AvgIpc) is 2.80. The van der Waals surface area contributed by atoms with Crippen LogP contribution in [-0.2, 0) is 4.74 Å². The highest BCUT2D eigenvalue weighted by molar-refractivity contribution is 4.76. The lowest BCUT2D eigenvalue weighted by atomic mass is 9.96. The zero-order valence-corrected chi connectivity index (χ0v) is 22.8. The monoisotopic (exact) mass is 442 g/mol. The molecule has 5 heteroatoms. The lowest BCUT2D eigenvalue weighted by Crippen LogP contribution is -2.47. The van der Waals surface area contributed by atoms with Gasteiger partial charge in [0.2, 0.25) is 0 Å². The van der Waals surface area contributed by atoms with E-state index >= 15 is 0 Å². The molecule has 0 aromatic heterocycles. The van der Waals surface area contributed by atoms with Crippen LogP contribution in [0.25, 0.3) is 0 Å². The molecule has 3 aliphatic heterocycles. The molecule has 0 N–H and O–H groups in total. The van der Waals surface area contributed by atoms with Gasteiger partial charge in [0.05, 0.1) is 12.2 Å². The van der Waals surface area contributed by atoms with Crippen LogP contribution < -0.4 is 0 Å². The van der Waals surface area contributed by atoms with Gasteiger partial charge in [-0.25, -0.2) is 0 Å². The number of rotatable bonds is 5. The van der Waals surface area contributed by atoms with Crippen molar-refractivity contribution in [1.29, 1.82) is 0 Å². The van der Waals surface area contributed by atoms with Gasteiger partial charge in [0.15, 0.2) is 0 Å². The topological polar surface area (TPSA) is 22.2 Å². The Morgan fingerprint density at radius 3 is 1.61 bits per heavy atom. The fraction of sp³-hybridized carbons (Fsp3) is 1.00. The van der Waals surface area contributed by atoms with E-state index in [0.717, 1.165) is 5.92 Å². The lowest BCUT2D eigenvalue weighted by Gasteiger charge is -2.37. The van der Waals surface area contributed by atoms with E-state index in [-0.39, 0.29) is 0 Å². The average molecular weight is 443 g/mol. The molecule has 188 valence electrons. The van der Waals surface area contributed by atoms with E-state index in [9.17, 15) is 0 Å². The second-order valence-corrected chi connectivity index (χ2v) is 9.17. The third-order valence-electron chi connectivity index (χ3n) is 6.40. The maximum Gasteiger partial charge on any atom is 0.0603 e. The summed E-state index contributed by atoms with van der Waals surface area (Å²) in [5.41, 5.74) is 0. The molecule has 5 nitrogen and oxygen atoms in total.